The lowest BCUT2D eigenvalue weighted by molar-refractivity contribution is -0.138. The molecule has 0 unspecified atom stereocenters. The first kappa shape index (κ1) is 24.7. The van der Waals surface area contributed by atoms with Crippen molar-refractivity contribution in [3.63, 3.8) is 0 Å². The zero-order valence-electron chi connectivity index (χ0n) is 18.1. The maximum atomic E-state index is 13.2. The number of nitriles is 1. The lowest BCUT2D eigenvalue weighted by atomic mass is 10.1. The zero-order valence-corrected chi connectivity index (χ0v) is 19.0. The van der Waals surface area contributed by atoms with Crippen molar-refractivity contribution in [3.8, 4) is 17.6 Å². The highest BCUT2D eigenvalue weighted by atomic mass is 32.1. The van der Waals surface area contributed by atoms with Gasteiger partial charge < -0.3 is 9.47 Å². The molecule has 0 saturated carbocycles. The number of halogens is 3. The first-order valence-electron chi connectivity index (χ1n) is 9.96. The Hall–Kier alpha value is -3.91. The average molecular weight is 488 g/mol. The van der Waals surface area contributed by atoms with Crippen molar-refractivity contribution in [2.75, 3.05) is 12.4 Å². The number of rotatable bonds is 8. The number of carbonyl (C=O) groups excluding carboxylic acids is 1. The van der Waals surface area contributed by atoms with E-state index in [0.717, 1.165) is 11.1 Å². The van der Waals surface area contributed by atoms with Gasteiger partial charge in [0.15, 0.2) is 11.5 Å². The maximum Gasteiger partial charge on any atom is 0.416 e. The summed E-state index contributed by atoms with van der Waals surface area (Å²) in [6, 6.07) is 11.5. The first-order chi connectivity index (χ1) is 16.2. The molecule has 1 amide bonds. The number of aromatic nitrogens is 2. The van der Waals surface area contributed by atoms with Crippen LogP contribution in [0.5, 0.6) is 11.5 Å². The van der Waals surface area contributed by atoms with Gasteiger partial charge in [-0.25, -0.2) is 0 Å². The van der Waals surface area contributed by atoms with E-state index in [2.05, 4.69) is 15.5 Å². The third-order valence-corrected chi connectivity index (χ3v) is 5.54. The van der Waals surface area contributed by atoms with Gasteiger partial charge in [-0.15, -0.1) is 10.2 Å². The molecule has 3 aromatic rings. The van der Waals surface area contributed by atoms with Crippen molar-refractivity contribution in [2.24, 2.45) is 0 Å². The number of nitrogens with zero attached hydrogens (tertiary/aromatic N) is 3. The predicted molar refractivity (Wildman–Crippen MR) is 120 cm³/mol. The number of anilines is 1. The van der Waals surface area contributed by atoms with Crippen LogP contribution >= 0.6 is 11.3 Å². The lowest BCUT2D eigenvalue weighted by Gasteiger charge is -2.15. The zero-order chi connectivity index (χ0) is 24.7. The van der Waals surface area contributed by atoms with E-state index in [1.54, 1.807) is 6.07 Å². The summed E-state index contributed by atoms with van der Waals surface area (Å²) in [5, 5.41) is 20.7. The van der Waals surface area contributed by atoms with Crippen molar-refractivity contribution in [1.29, 1.82) is 5.26 Å². The fraction of sp³-hybridized carbons (Fsp3) is 0.217. The molecule has 3 rings (SSSR count). The van der Waals surface area contributed by atoms with Gasteiger partial charge >= 0.3 is 6.18 Å². The van der Waals surface area contributed by atoms with E-state index < -0.39 is 17.6 Å². The van der Waals surface area contributed by atoms with Crippen LogP contribution < -0.4 is 14.8 Å². The molecule has 34 heavy (non-hydrogen) atoms. The Bertz CT molecular complexity index is 1250. The SMILES string of the molecule is CCc1nnc(NC(=O)/C(C#N)=C/c2ccc(OCc3ccccc3C(F)(F)F)c(OC)c2)s1. The Morgan fingerprint density at radius 1 is 1.21 bits per heavy atom. The Balaban J connectivity index is 1.77. The van der Waals surface area contributed by atoms with Gasteiger partial charge in [0.25, 0.3) is 5.91 Å². The van der Waals surface area contributed by atoms with Gasteiger partial charge in [-0.1, -0.05) is 42.5 Å². The lowest BCUT2D eigenvalue weighted by Crippen LogP contribution is -2.13. The van der Waals surface area contributed by atoms with Crippen LogP contribution in [0.4, 0.5) is 18.3 Å². The number of benzene rings is 2. The summed E-state index contributed by atoms with van der Waals surface area (Å²) in [4.78, 5) is 12.4. The minimum absolute atomic E-state index is 0.0210. The summed E-state index contributed by atoms with van der Waals surface area (Å²) < 4.78 is 50.4. The van der Waals surface area contributed by atoms with Gasteiger partial charge in [0.1, 0.15) is 23.3 Å². The third-order valence-electron chi connectivity index (χ3n) is 4.56. The molecule has 0 aliphatic rings. The van der Waals surface area contributed by atoms with Crippen molar-refractivity contribution in [3.05, 3.63) is 69.7 Å². The normalized spacial score (nSPS) is 11.6. The van der Waals surface area contributed by atoms with Crippen molar-refractivity contribution in [1.82, 2.24) is 10.2 Å². The van der Waals surface area contributed by atoms with Crippen LogP contribution in [0.15, 0.2) is 48.0 Å². The van der Waals surface area contributed by atoms with Crippen molar-refractivity contribution in [2.45, 2.75) is 26.1 Å². The van der Waals surface area contributed by atoms with E-state index in [0.29, 0.717) is 12.0 Å². The molecule has 0 radical (unpaired) electrons. The summed E-state index contributed by atoms with van der Waals surface area (Å²) >= 11 is 1.21. The van der Waals surface area contributed by atoms with E-state index in [4.69, 9.17) is 9.47 Å². The van der Waals surface area contributed by atoms with Crippen LogP contribution in [-0.2, 0) is 24.0 Å². The smallest absolute Gasteiger partial charge is 0.416 e. The monoisotopic (exact) mass is 488 g/mol. The van der Waals surface area contributed by atoms with E-state index in [-0.39, 0.29) is 34.4 Å². The Morgan fingerprint density at radius 3 is 2.62 bits per heavy atom. The Morgan fingerprint density at radius 2 is 1.97 bits per heavy atom. The van der Waals surface area contributed by atoms with Crippen LogP contribution in [0.2, 0.25) is 0 Å². The molecule has 0 atom stereocenters. The second-order valence-electron chi connectivity index (χ2n) is 6.83. The number of hydrogen-bond donors (Lipinski definition) is 1. The molecular weight excluding hydrogens is 469 g/mol. The Kier molecular flexibility index (Phi) is 7.86. The van der Waals surface area contributed by atoms with Crippen molar-refractivity contribution >= 4 is 28.5 Å². The third kappa shape index (κ3) is 6.11. The van der Waals surface area contributed by atoms with Crippen LogP contribution in [0.3, 0.4) is 0 Å². The topological polar surface area (TPSA) is 97.1 Å². The Labute approximate surface area is 197 Å². The molecule has 0 aliphatic heterocycles. The number of alkyl halides is 3. The van der Waals surface area contributed by atoms with Gasteiger partial charge in [0.05, 0.1) is 12.7 Å². The largest absolute Gasteiger partial charge is 0.493 e. The fourth-order valence-corrected chi connectivity index (χ4v) is 3.57. The molecule has 11 heteroatoms. The molecule has 0 bridgehead atoms. The molecular formula is C23H19F3N4O3S. The summed E-state index contributed by atoms with van der Waals surface area (Å²) in [7, 11) is 1.37. The first-order valence-corrected chi connectivity index (χ1v) is 10.8. The predicted octanol–water partition coefficient (Wildman–Crippen LogP) is 5.25. The van der Waals surface area contributed by atoms with E-state index in [1.165, 1.54) is 54.9 Å². The average Bonchev–Trinajstić information content (AvgIpc) is 3.28. The van der Waals surface area contributed by atoms with E-state index in [9.17, 15) is 23.2 Å². The second-order valence-corrected chi connectivity index (χ2v) is 7.89. The summed E-state index contributed by atoms with van der Waals surface area (Å²) in [6.45, 7) is 1.58. The highest BCUT2D eigenvalue weighted by molar-refractivity contribution is 7.15. The highest BCUT2D eigenvalue weighted by Crippen LogP contribution is 2.34. The molecule has 0 fully saturated rings. The maximum absolute atomic E-state index is 13.2. The molecule has 0 saturated heterocycles. The summed E-state index contributed by atoms with van der Waals surface area (Å²) in [5.74, 6) is -0.211. The molecule has 1 N–H and O–H groups in total. The van der Waals surface area contributed by atoms with Crippen molar-refractivity contribution < 1.29 is 27.4 Å². The number of amides is 1. The minimum atomic E-state index is -4.50. The number of carbonyl (C=O) groups is 1. The van der Waals surface area contributed by atoms with Gasteiger partial charge in [0.2, 0.25) is 5.13 Å². The molecule has 0 spiro atoms. The quantitative estimate of drug-likeness (QED) is 0.344. The highest BCUT2D eigenvalue weighted by Gasteiger charge is 2.33. The number of methoxy groups -OCH3 is 1. The molecule has 0 aliphatic carbocycles. The van der Waals surface area contributed by atoms with Gasteiger partial charge in [-0.3, -0.25) is 10.1 Å². The van der Waals surface area contributed by atoms with E-state index >= 15 is 0 Å². The summed E-state index contributed by atoms with van der Waals surface area (Å²) in [5.41, 5.74) is -0.520. The standard InChI is InChI=1S/C23H19F3N4O3S/c1-3-20-29-30-22(34-20)28-21(31)16(12-27)10-14-8-9-18(19(11-14)32-2)33-13-15-6-4-5-7-17(15)23(24,25)26/h4-11H,3,13H2,1-2H3,(H,28,30,31)/b16-10+. The molecule has 1 aromatic heterocycles. The molecule has 1 heterocycles. The second kappa shape index (κ2) is 10.8. The van der Waals surface area contributed by atoms with Crippen LogP contribution in [0.25, 0.3) is 6.08 Å². The van der Waals surface area contributed by atoms with Crippen LogP contribution in [0, 0.1) is 11.3 Å². The molecule has 2 aromatic carbocycles. The fourth-order valence-electron chi connectivity index (χ4n) is 2.90. The van der Waals surface area contributed by atoms with Gasteiger partial charge in [0, 0.05) is 5.56 Å². The number of hydrogen-bond acceptors (Lipinski definition) is 7. The summed E-state index contributed by atoms with van der Waals surface area (Å²) in [6.07, 6.45) is -2.48. The van der Waals surface area contributed by atoms with Gasteiger partial charge in [-0.05, 0) is 36.3 Å². The number of nitrogens with one attached hydrogen (secondary N) is 1. The molecule has 176 valence electrons. The minimum Gasteiger partial charge on any atom is -0.493 e. The van der Waals surface area contributed by atoms with Crippen LogP contribution in [-0.4, -0.2) is 23.2 Å². The van der Waals surface area contributed by atoms with Crippen LogP contribution in [0.1, 0.15) is 28.6 Å². The van der Waals surface area contributed by atoms with E-state index in [1.807, 2.05) is 13.0 Å². The van der Waals surface area contributed by atoms with Gasteiger partial charge in [-0.2, -0.15) is 18.4 Å². The number of aryl methyl sites for hydroxylation is 1. The number of ether oxygens (including phenoxy) is 2. The molecule has 7 nitrogen and oxygen atoms in total.